The third-order valence-corrected chi connectivity index (χ3v) is 3.10. The molecule has 1 atom stereocenters. The van der Waals surface area contributed by atoms with Gasteiger partial charge in [-0.2, -0.15) is 5.10 Å². The maximum Gasteiger partial charge on any atom is 0.246 e. The third kappa shape index (κ3) is 2.72. The molecule has 7 nitrogen and oxygen atoms in total. The summed E-state index contributed by atoms with van der Waals surface area (Å²) in [6.07, 6.45) is 6.53. The van der Waals surface area contributed by atoms with E-state index in [1.807, 2.05) is 0 Å². The van der Waals surface area contributed by atoms with Crippen molar-refractivity contribution in [1.29, 1.82) is 0 Å². The molecule has 2 aromatic heterocycles. The summed E-state index contributed by atoms with van der Waals surface area (Å²) >= 11 is 0. The number of rotatable bonds is 3. The van der Waals surface area contributed by atoms with E-state index in [1.54, 1.807) is 54.7 Å². The number of carbonyl (C=O) groups is 1. The minimum absolute atomic E-state index is 0.300. The molecule has 3 rings (SSSR count). The molecule has 0 spiro atoms. The van der Waals surface area contributed by atoms with Crippen LogP contribution >= 0.6 is 0 Å². The summed E-state index contributed by atoms with van der Waals surface area (Å²) in [5.74, 6) is -0.300. The van der Waals surface area contributed by atoms with Crippen molar-refractivity contribution < 1.29 is 4.79 Å². The molecule has 3 aromatic rings. The average molecular weight is 282 g/mol. The van der Waals surface area contributed by atoms with Crippen LogP contribution in [0.2, 0.25) is 0 Å². The van der Waals surface area contributed by atoms with Crippen molar-refractivity contribution in [3.05, 3.63) is 48.5 Å². The number of nitrogens with zero attached hydrogens (tertiary/aromatic N) is 4. The highest BCUT2D eigenvalue weighted by molar-refractivity contribution is 5.96. The first kappa shape index (κ1) is 13.2. The lowest BCUT2D eigenvalue weighted by atomic mass is 10.1. The third-order valence-electron chi connectivity index (χ3n) is 3.10. The number of anilines is 1. The first-order valence-electron chi connectivity index (χ1n) is 6.39. The Bertz CT molecular complexity index is 797. The van der Waals surface area contributed by atoms with E-state index in [-0.39, 0.29) is 5.91 Å². The van der Waals surface area contributed by atoms with Crippen LogP contribution in [0.4, 0.5) is 5.69 Å². The molecule has 21 heavy (non-hydrogen) atoms. The number of aryl methyl sites for hydroxylation is 1. The molecule has 0 bridgehead atoms. The number of hydrogen-bond donors (Lipinski definition) is 2. The summed E-state index contributed by atoms with van der Waals surface area (Å²) in [5, 5.41) is 6.78. The van der Waals surface area contributed by atoms with E-state index in [9.17, 15) is 4.79 Å². The summed E-state index contributed by atoms with van der Waals surface area (Å²) in [7, 11) is 1.77. The largest absolute Gasteiger partial charge is 0.324 e. The molecule has 0 saturated carbocycles. The quantitative estimate of drug-likeness (QED) is 0.746. The zero-order valence-electron chi connectivity index (χ0n) is 11.4. The second kappa shape index (κ2) is 5.29. The number of carbonyl (C=O) groups excluding carboxylic acids is 1. The van der Waals surface area contributed by atoms with Gasteiger partial charge in [0.05, 0.1) is 17.2 Å². The van der Waals surface area contributed by atoms with Crippen molar-refractivity contribution in [2.45, 2.75) is 6.04 Å². The Morgan fingerprint density at radius 3 is 2.76 bits per heavy atom. The molecule has 106 valence electrons. The van der Waals surface area contributed by atoms with E-state index in [1.165, 1.54) is 0 Å². The average Bonchev–Trinajstić information content (AvgIpc) is 2.93. The van der Waals surface area contributed by atoms with E-state index in [4.69, 9.17) is 5.73 Å². The Kier molecular flexibility index (Phi) is 3.33. The number of hydrogen-bond acceptors (Lipinski definition) is 5. The SMILES string of the molecule is Cn1cc(C(N)C(=O)Nc2ccc3nccnc3c2)cn1. The molecule has 0 saturated heterocycles. The van der Waals surface area contributed by atoms with Crippen LogP contribution in [-0.4, -0.2) is 25.7 Å². The molecule has 0 aliphatic heterocycles. The molecular formula is C14H14N6O. The highest BCUT2D eigenvalue weighted by atomic mass is 16.2. The van der Waals surface area contributed by atoms with Crippen LogP contribution in [0.1, 0.15) is 11.6 Å². The zero-order valence-corrected chi connectivity index (χ0v) is 11.4. The van der Waals surface area contributed by atoms with Gasteiger partial charge in [-0.15, -0.1) is 0 Å². The van der Waals surface area contributed by atoms with Gasteiger partial charge in [0, 0.05) is 36.9 Å². The molecule has 0 aliphatic carbocycles. The number of nitrogens with one attached hydrogen (secondary N) is 1. The highest BCUT2D eigenvalue weighted by Crippen LogP contribution is 2.17. The van der Waals surface area contributed by atoms with Crippen molar-refractivity contribution in [2.24, 2.45) is 12.8 Å². The Morgan fingerprint density at radius 2 is 2.05 bits per heavy atom. The maximum absolute atomic E-state index is 12.1. The maximum atomic E-state index is 12.1. The number of nitrogens with two attached hydrogens (primary N) is 1. The minimum atomic E-state index is -0.767. The molecule has 0 aliphatic rings. The Hall–Kier alpha value is -2.80. The van der Waals surface area contributed by atoms with Crippen LogP contribution in [0.15, 0.2) is 43.0 Å². The van der Waals surface area contributed by atoms with Crippen LogP contribution in [0.5, 0.6) is 0 Å². The second-order valence-corrected chi connectivity index (χ2v) is 4.67. The van der Waals surface area contributed by atoms with Gasteiger partial charge in [-0.3, -0.25) is 19.4 Å². The van der Waals surface area contributed by atoms with Crippen LogP contribution in [0, 0.1) is 0 Å². The summed E-state index contributed by atoms with van der Waals surface area (Å²) in [6, 6.07) is 4.56. The fourth-order valence-corrected chi connectivity index (χ4v) is 2.01. The van der Waals surface area contributed by atoms with Crippen LogP contribution < -0.4 is 11.1 Å². The molecule has 0 radical (unpaired) electrons. The summed E-state index contributed by atoms with van der Waals surface area (Å²) in [6.45, 7) is 0. The van der Waals surface area contributed by atoms with E-state index in [2.05, 4.69) is 20.4 Å². The normalized spacial score (nSPS) is 12.3. The van der Waals surface area contributed by atoms with Gasteiger partial charge in [-0.05, 0) is 18.2 Å². The van der Waals surface area contributed by atoms with Gasteiger partial charge in [-0.1, -0.05) is 0 Å². The van der Waals surface area contributed by atoms with E-state index in [0.29, 0.717) is 16.8 Å². The fourth-order valence-electron chi connectivity index (χ4n) is 2.01. The van der Waals surface area contributed by atoms with Crippen molar-refractivity contribution in [3.63, 3.8) is 0 Å². The molecule has 3 N–H and O–H groups in total. The summed E-state index contributed by atoms with van der Waals surface area (Å²) in [5.41, 5.74) is 8.70. The standard InChI is InChI=1S/C14H14N6O/c1-20-8-9(7-18-20)13(15)14(21)19-10-2-3-11-12(6-10)17-5-4-16-11/h2-8,13H,15H2,1H3,(H,19,21). The highest BCUT2D eigenvalue weighted by Gasteiger charge is 2.17. The van der Waals surface area contributed by atoms with Gasteiger partial charge in [0.15, 0.2) is 0 Å². The van der Waals surface area contributed by atoms with Gasteiger partial charge in [-0.25, -0.2) is 0 Å². The van der Waals surface area contributed by atoms with Crippen LogP contribution in [0.25, 0.3) is 11.0 Å². The van der Waals surface area contributed by atoms with E-state index >= 15 is 0 Å². The monoisotopic (exact) mass is 282 g/mol. The first-order valence-corrected chi connectivity index (χ1v) is 6.39. The van der Waals surface area contributed by atoms with Crippen molar-refractivity contribution in [3.8, 4) is 0 Å². The summed E-state index contributed by atoms with van der Waals surface area (Å²) in [4.78, 5) is 20.5. The van der Waals surface area contributed by atoms with Crippen molar-refractivity contribution in [2.75, 3.05) is 5.32 Å². The summed E-state index contributed by atoms with van der Waals surface area (Å²) < 4.78 is 1.61. The lowest BCUT2D eigenvalue weighted by Gasteiger charge is -2.10. The fraction of sp³-hybridized carbons (Fsp3) is 0.143. The Labute approximate surface area is 120 Å². The van der Waals surface area contributed by atoms with Gasteiger partial charge in [0.25, 0.3) is 0 Å². The number of aromatic nitrogens is 4. The Morgan fingerprint density at radius 1 is 1.29 bits per heavy atom. The topological polar surface area (TPSA) is 98.7 Å². The molecule has 0 fully saturated rings. The molecule has 1 unspecified atom stereocenters. The van der Waals surface area contributed by atoms with E-state index in [0.717, 1.165) is 5.52 Å². The number of amides is 1. The zero-order chi connectivity index (χ0) is 14.8. The molecule has 7 heteroatoms. The number of fused-ring (bicyclic) bond motifs is 1. The molecule has 2 heterocycles. The van der Waals surface area contributed by atoms with Gasteiger partial charge < -0.3 is 11.1 Å². The first-order chi connectivity index (χ1) is 10.1. The molecule has 1 amide bonds. The second-order valence-electron chi connectivity index (χ2n) is 4.67. The van der Waals surface area contributed by atoms with Crippen molar-refractivity contribution in [1.82, 2.24) is 19.7 Å². The lowest BCUT2D eigenvalue weighted by Crippen LogP contribution is -2.27. The smallest absolute Gasteiger partial charge is 0.246 e. The van der Waals surface area contributed by atoms with E-state index < -0.39 is 6.04 Å². The van der Waals surface area contributed by atoms with Gasteiger partial charge in [0.2, 0.25) is 5.91 Å². The minimum Gasteiger partial charge on any atom is -0.324 e. The van der Waals surface area contributed by atoms with Gasteiger partial charge >= 0.3 is 0 Å². The molecular weight excluding hydrogens is 268 g/mol. The van der Waals surface area contributed by atoms with Crippen LogP contribution in [0.3, 0.4) is 0 Å². The number of benzene rings is 1. The Balaban J connectivity index is 1.79. The molecule has 1 aromatic carbocycles. The van der Waals surface area contributed by atoms with Crippen LogP contribution in [-0.2, 0) is 11.8 Å². The predicted octanol–water partition coefficient (Wildman–Crippen LogP) is 1.00. The van der Waals surface area contributed by atoms with Gasteiger partial charge in [0.1, 0.15) is 6.04 Å². The predicted molar refractivity (Wildman–Crippen MR) is 78.3 cm³/mol. The van der Waals surface area contributed by atoms with Crippen molar-refractivity contribution >= 4 is 22.6 Å². The lowest BCUT2D eigenvalue weighted by molar-refractivity contribution is -0.117.